The van der Waals surface area contributed by atoms with Crippen LogP contribution in [0.5, 0.6) is 0 Å². The van der Waals surface area contributed by atoms with Crippen LogP contribution in [-0.2, 0) is 6.42 Å². The second-order valence-electron chi connectivity index (χ2n) is 8.27. The van der Waals surface area contributed by atoms with Gasteiger partial charge >= 0.3 is 0 Å². The molecule has 1 heterocycles. The molecule has 3 heteroatoms. The molecule has 0 fully saturated rings. The Labute approximate surface area is 176 Å². The number of fused-ring (bicyclic) bond motifs is 2. The number of benzene rings is 3. The molecule has 1 aliphatic rings. The van der Waals surface area contributed by atoms with Gasteiger partial charge in [-0.25, -0.2) is 9.07 Å². The van der Waals surface area contributed by atoms with Gasteiger partial charge in [0.15, 0.2) is 0 Å². The normalized spacial score (nSPS) is 18.6. The van der Waals surface area contributed by atoms with Gasteiger partial charge in [0.05, 0.1) is 17.6 Å². The summed E-state index contributed by atoms with van der Waals surface area (Å²) in [6.07, 6.45) is 9.59. The number of hydrogen-bond acceptors (Lipinski definition) is 1. The summed E-state index contributed by atoms with van der Waals surface area (Å²) in [5.41, 5.74) is 5.59. The largest absolute Gasteiger partial charge is 0.233 e. The van der Waals surface area contributed by atoms with Gasteiger partial charge in [0, 0.05) is 5.41 Å². The second-order valence-corrected chi connectivity index (χ2v) is 8.27. The molecular formula is C27H23FN2. The maximum atomic E-state index is 13.3. The van der Waals surface area contributed by atoms with Crippen LogP contribution in [-0.4, -0.2) is 9.78 Å². The number of nitrogens with zero attached hydrogens (tertiary/aromatic N) is 2. The molecule has 30 heavy (non-hydrogen) atoms. The predicted octanol–water partition coefficient (Wildman–Crippen LogP) is 6.84. The maximum absolute atomic E-state index is 13.3. The fraction of sp³-hybridized carbons (Fsp3) is 0.148. The zero-order valence-corrected chi connectivity index (χ0v) is 17.1. The minimum atomic E-state index is -0.238. The molecule has 0 unspecified atom stereocenters. The van der Waals surface area contributed by atoms with Crippen LogP contribution in [0.2, 0.25) is 0 Å². The van der Waals surface area contributed by atoms with Gasteiger partial charge in [0.25, 0.3) is 0 Å². The molecular weight excluding hydrogens is 371 g/mol. The van der Waals surface area contributed by atoms with Crippen LogP contribution in [0.15, 0.2) is 84.6 Å². The van der Waals surface area contributed by atoms with Gasteiger partial charge in [-0.3, -0.25) is 0 Å². The highest BCUT2D eigenvalue weighted by Gasteiger charge is 2.30. The first-order valence-electron chi connectivity index (χ1n) is 10.2. The van der Waals surface area contributed by atoms with Crippen LogP contribution in [0, 0.1) is 11.2 Å². The molecule has 0 bridgehead atoms. The Bertz CT molecular complexity index is 1290. The molecule has 0 radical (unpaired) electrons. The van der Waals surface area contributed by atoms with Crippen LogP contribution >= 0.6 is 0 Å². The Morgan fingerprint density at radius 3 is 2.60 bits per heavy atom. The van der Waals surface area contributed by atoms with Crippen LogP contribution in [0.4, 0.5) is 4.39 Å². The van der Waals surface area contributed by atoms with Crippen LogP contribution in [0.1, 0.15) is 30.7 Å². The fourth-order valence-corrected chi connectivity index (χ4v) is 4.23. The first-order chi connectivity index (χ1) is 14.5. The van der Waals surface area contributed by atoms with Gasteiger partial charge in [-0.15, -0.1) is 0 Å². The minimum absolute atomic E-state index is 0.0827. The average molecular weight is 394 g/mol. The Hall–Kier alpha value is -3.46. The van der Waals surface area contributed by atoms with E-state index >= 15 is 0 Å². The summed E-state index contributed by atoms with van der Waals surface area (Å²) in [5.74, 6) is -0.238. The van der Waals surface area contributed by atoms with Gasteiger partial charge in [-0.05, 0) is 65.6 Å². The van der Waals surface area contributed by atoms with Gasteiger partial charge in [0.1, 0.15) is 5.82 Å². The molecule has 4 aromatic rings. The number of halogens is 1. The number of allylic oxidation sites excluding steroid dienone is 2. The lowest BCUT2D eigenvalue weighted by molar-refractivity contribution is 0.509. The lowest BCUT2D eigenvalue weighted by Gasteiger charge is -2.31. The van der Waals surface area contributed by atoms with Crippen molar-refractivity contribution in [1.29, 1.82) is 0 Å². The third kappa shape index (κ3) is 3.17. The highest BCUT2D eigenvalue weighted by atomic mass is 19.1. The molecule has 3 aromatic carbocycles. The predicted molar refractivity (Wildman–Crippen MR) is 122 cm³/mol. The van der Waals surface area contributed by atoms with E-state index in [-0.39, 0.29) is 11.2 Å². The van der Waals surface area contributed by atoms with Crippen LogP contribution < -0.4 is 0 Å². The molecule has 148 valence electrons. The molecule has 0 amide bonds. The van der Waals surface area contributed by atoms with Crippen LogP contribution in [0.25, 0.3) is 28.6 Å². The monoisotopic (exact) mass is 394 g/mol. The Balaban J connectivity index is 1.50. The minimum Gasteiger partial charge on any atom is -0.233 e. The molecule has 0 saturated carbocycles. The van der Waals surface area contributed by atoms with Gasteiger partial charge in [0.2, 0.25) is 0 Å². The summed E-state index contributed by atoms with van der Waals surface area (Å²) in [5, 5.41) is 7.10. The maximum Gasteiger partial charge on any atom is 0.123 e. The highest BCUT2D eigenvalue weighted by Crippen LogP contribution is 2.40. The summed E-state index contributed by atoms with van der Waals surface area (Å²) < 4.78 is 15.2. The van der Waals surface area contributed by atoms with E-state index < -0.39 is 0 Å². The standard InChI is InChI=1S/C27H23FN2/c1-19-16-26-22(18-29-30(26)24-12-10-23(28)11-13-24)17-27(19,2)15-14-21-8-5-7-20-6-3-4-9-25(20)21/h3-16,18H,17H2,1-2H3/b15-14+/t27-/m0/s1. The van der Waals surface area contributed by atoms with Crippen molar-refractivity contribution >= 4 is 22.9 Å². The summed E-state index contributed by atoms with van der Waals surface area (Å²) in [7, 11) is 0. The van der Waals surface area contributed by atoms with Crippen molar-refractivity contribution in [3.05, 3.63) is 107 Å². The third-order valence-electron chi connectivity index (χ3n) is 6.22. The number of aromatic nitrogens is 2. The summed E-state index contributed by atoms with van der Waals surface area (Å²) in [6, 6.07) is 21.4. The molecule has 0 N–H and O–H groups in total. The van der Waals surface area contributed by atoms with Gasteiger partial charge in [-0.1, -0.05) is 67.1 Å². The van der Waals surface area contributed by atoms with E-state index in [4.69, 9.17) is 0 Å². The molecule has 1 atom stereocenters. The smallest absolute Gasteiger partial charge is 0.123 e. The van der Waals surface area contributed by atoms with Crippen molar-refractivity contribution in [2.75, 3.05) is 0 Å². The average Bonchev–Trinajstić information content (AvgIpc) is 3.15. The molecule has 1 aromatic heterocycles. The zero-order chi connectivity index (χ0) is 20.7. The van der Waals surface area contributed by atoms with Gasteiger partial charge in [-0.2, -0.15) is 5.10 Å². The van der Waals surface area contributed by atoms with E-state index in [0.29, 0.717) is 0 Å². The number of hydrogen-bond donors (Lipinski definition) is 0. The fourth-order valence-electron chi connectivity index (χ4n) is 4.23. The topological polar surface area (TPSA) is 17.8 Å². The van der Waals surface area contributed by atoms with Crippen LogP contribution in [0.3, 0.4) is 0 Å². The van der Waals surface area contributed by atoms with E-state index in [0.717, 1.165) is 17.8 Å². The van der Waals surface area contributed by atoms with E-state index in [9.17, 15) is 4.39 Å². The number of rotatable bonds is 3. The Morgan fingerprint density at radius 2 is 1.77 bits per heavy atom. The van der Waals surface area contributed by atoms with E-state index in [1.807, 2.05) is 10.9 Å². The molecule has 0 aliphatic heterocycles. The van der Waals surface area contributed by atoms with Gasteiger partial charge < -0.3 is 0 Å². The lowest BCUT2D eigenvalue weighted by Crippen LogP contribution is -2.22. The summed E-state index contributed by atoms with van der Waals surface area (Å²) in [6.45, 7) is 4.46. The first kappa shape index (κ1) is 18.6. The SMILES string of the molecule is CC1=Cc2c(cnn2-c2ccc(F)cc2)C[C@]1(C)/C=C/c1cccc2ccccc12. The molecule has 1 aliphatic carbocycles. The van der Waals surface area contributed by atoms with Crippen molar-refractivity contribution in [3.8, 4) is 5.69 Å². The zero-order valence-electron chi connectivity index (χ0n) is 17.1. The quantitative estimate of drug-likeness (QED) is 0.372. The van der Waals surface area contributed by atoms with Crippen molar-refractivity contribution in [3.63, 3.8) is 0 Å². The van der Waals surface area contributed by atoms with Crippen molar-refractivity contribution in [2.45, 2.75) is 20.3 Å². The second kappa shape index (κ2) is 7.10. The van der Waals surface area contributed by atoms with E-state index in [1.54, 1.807) is 12.1 Å². The first-order valence-corrected chi connectivity index (χ1v) is 10.2. The summed E-state index contributed by atoms with van der Waals surface area (Å²) in [4.78, 5) is 0. The lowest BCUT2D eigenvalue weighted by atomic mass is 9.73. The molecule has 2 nitrogen and oxygen atoms in total. The third-order valence-corrected chi connectivity index (χ3v) is 6.22. The van der Waals surface area contributed by atoms with E-state index in [2.05, 4.69) is 79.6 Å². The molecule has 5 rings (SSSR count). The Morgan fingerprint density at radius 1 is 1.00 bits per heavy atom. The van der Waals surface area contributed by atoms with Crippen molar-refractivity contribution < 1.29 is 4.39 Å². The van der Waals surface area contributed by atoms with Crippen molar-refractivity contribution in [1.82, 2.24) is 9.78 Å². The van der Waals surface area contributed by atoms with E-state index in [1.165, 1.54) is 39.6 Å². The molecule has 0 spiro atoms. The van der Waals surface area contributed by atoms with Crippen molar-refractivity contribution in [2.24, 2.45) is 5.41 Å². The highest BCUT2D eigenvalue weighted by molar-refractivity contribution is 5.90. The molecule has 0 saturated heterocycles. The Kier molecular flexibility index (Phi) is 4.39. The summed E-state index contributed by atoms with van der Waals surface area (Å²) >= 11 is 0.